The van der Waals surface area contributed by atoms with Gasteiger partial charge in [0.05, 0.1) is 12.2 Å². The second kappa shape index (κ2) is 6.36. The van der Waals surface area contributed by atoms with Crippen LogP contribution in [0.2, 0.25) is 0 Å². The normalized spacial score (nSPS) is 29.0. The van der Waals surface area contributed by atoms with Gasteiger partial charge in [-0.15, -0.1) is 0 Å². The Bertz CT molecular complexity index is 245. The van der Waals surface area contributed by atoms with E-state index < -0.39 is 0 Å². The van der Waals surface area contributed by atoms with Crippen LogP contribution in [0.25, 0.3) is 0 Å². The van der Waals surface area contributed by atoms with Crippen molar-refractivity contribution in [2.24, 2.45) is 5.92 Å². The Morgan fingerprint density at radius 2 is 2.06 bits per heavy atom. The Hall–Kier alpha value is -0.120. The highest BCUT2D eigenvalue weighted by molar-refractivity contribution is 4.99. The smallest absolute Gasteiger partial charge is 0.0859 e. The Morgan fingerprint density at radius 3 is 2.67 bits per heavy atom. The summed E-state index contributed by atoms with van der Waals surface area (Å²) in [5.74, 6) is 0.774. The molecule has 106 valence electrons. The van der Waals surface area contributed by atoms with E-state index in [0.29, 0.717) is 6.04 Å². The van der Waals surface area contributed by atoms with Crippen molar-refractivity contribution >= 4 is 0 Å². The van der Waals surface area contributed by atoms with Crippen LogP contribution in [0.5, 0.6) is 0 Å². The van der Waals surface area contributed by atoms with Crippen molar-refractivity contribution < 1.29 is 4.74 Å². The van der Waals surface area contributed by atoms with Gasteiger partial charge < -0.3 is 15.0 Å². The molecule has 0 aromatic carbocycles. The lowest BCUT2D eigenvalue weighted by Gasteiger charge is -2.49. The number of rotatable bonds is 4. The summed E-state index contributed by atoms with van der Waals surface area (Å²) in [5.41, 5.74) is 0.141. The molecule has 3 heteroatoms. The molecule has 2 aliphatic heterocycles. The predicted octanol–water partition coefficient (Wildman–Crippen LogP) is 2.27. The molecular weight excluding hydrogens is 224 g/mol. The van der Waals surface area contributed by atoms with E-state index in [0.717, 1.165) is 19.1 Å². The summed E-state index contributed by atoms with van der Waals surface area (Å²) >= 11 is 0. The standard InChI is InChI=1S/C15H30N2O/c1-4-5-14-15(18-11-8-16-14)6-9-17(10-7-15)12-13(2)3/h13-14,16H,4-12H2,1-3H3. The Kier molecular flexibility index (Phi) is 5.05. The van der Waals surface area contributed by atoms with Crippen molar-refractivity contribution in [3.05, 3.63) is 0 Å². The molecule has 0 amide bonds. The minimum absolute atomic E-state index is 0.141. The van der Waals surface area contributed by atoms with E-state index in [1.54, 1.807) is 0 Å². The molecule has 1 unspecified atom stereocenters. The average molecular weight is 254 g/mol. The highest BCUT2D eigenvalue weighted by Gasteiger charge is 2.43. The number of likely N-dealkylation sites (tertiary alicyclic amines) is 1. The Balaban J connectivity index is 1.91. The summed E-state index contributed by atoms with van der Waals surface area (Å²) in [5, 5.41) is 3.69. The largest absolute Gasteiger partial charge is 0.372 e. The quantitative estimate of drug-likeness (QED) is 0.833. The Labute approximate surface area is 112 Å². The van der Waals surface area contributed by atoms with Crippen LogP contribution in [0.15, 0.2) is 0 Å². The molecule has 1 N–H and O–H groups in total. The second-order valence-corrected chi connectivity index (χ2v) is 6.40. The molecule has 0 aromatic rings. The third-order valence-corrected chi connectivity index (χ3v) is 4.42. The first-order valence-corrected chi connectivity index (χ1v) is 7.76. The van der Waals surface area contributed by atoms with Gasteiger partial charge in [-0.3, -0.25) is 0 Å². The summed E-state index contributed by atoms with van der Waals surface area (Å²) in [4.78, 5) is 2.61. The third-order valence-electron chi connectivity index (χ3n) is 4.42. The van der Waals surface area contributed by atoms with E-state index in [1.807, 2.05) is 0 Å². The van der Waals surface area contributed by atoms with Crippen molar-refractivity contribution in [3.8, 4) is 0 Å². The first-order chi connectivity index (χ1) is 8.66. The molecule has 0 saturated carbocycles. The molecule has 1 atom stereocenters. The number of piperidine rings is 1. The van der Waals surface area contributed by atoms with Gasteiger partial charge in [0.25, 0.3) is 0 Å². The second-order valence-electron chi connectivity index (χ2n) is 6.40. The molecule has 0 aromatic heterocycles. The lowest BCUT2D eigenvalue weighted by molar-refractivity contribution is -0.129. The molecule has 2 fully saturated rings. The van der Waals surface area contributed by atoms with Crippen LogP contribution >= 0.6 is 0 Å². The monoisotopic (exact) mass is 254 g/mol. The van der Waals surface area contributed by atoms with Crippen LogP contribution in [0.4, 0.5) is 0 Å². The van der Waals surface area contributed by atoms with Crippen LogP contribution < -0.4 is 5.32 Å². The molecule has 0 aliphatic carbocycles. The number of hydrogen-bond acceptors (Lipinski definition) is 3. The first kappa shape index (κ1) is 14.3. The van der Waals surface area contributed by atoms with Gasteiger partial charge in [0.15, 0.2) is 0 Å². The lowest BCUT2D eigenvalue weighted by Crippen LogP contribution is -2.62. The molecule has 18 heavy (non-hydrogen) atoms. The summed E-state index contributed by atoms with van der Waals surface area (Å²) in [6, 6.07) is 0.581. The first-order valence-electron chi connectivity index (χ1n) is 7.76. The van der Waals surface area contributed by atoms with Gasteiger partial charge in [0.2, 0.25) is 0 Å². The van der Waals surface area contributed by atoms with E-state index in [2.05, 4.69) is 31.0 Å². The minimum Gasteiger partial charge on any atom is -0.372 e. The lowest BCUT2D eigenvalue weighted by atomic mass is 9.80. The number of hydrogen-bond donors (Lipinski definition) is 1. The summed E-state index contributed by atoms with van der Waals surface area (Å²) in [6.45, 7) is 12.5. The van der Waals surface area contributed by atoms with E-state index in [9.17, 15) is 0 Å². The van der Waals surface area contributed by atoms with Crippen molar-refractivity contribution in [1.29, 1.82) is 0 Å². The molecule has 0 bridgehead atoms. The molecular formula is C15H30N2O. The van der Waals surface area contributed by atoms with Gasteiger partial charge >= 0.3 is 0 Å². The maximum atomic E-state index is 6.24. The maximum Gasteiger partial charge on any atom is 0.0859 e. The summed E-state index contributed by atoms with van der Waals surface area (Å²) in [6.07, 6.45) is 4.91. The number of nitrogens with zero attached hydrogens (tertiary/aromatic N) is 1. The van der Waals surface area contributed by atoms with E-state index >= 15 is 0 Å². The molecule has 0 radical (unpaired) electrons. The van der Waals surface area contributed by atoms with Gasteiger partial charge in [-0.1, -0.05) is 27.2 Å². The highest BCUT2D eigenvalue weighted by Crippen LogP contribution is 2.33. The molecule has 2 saturated heterocycles. The third kappa shape index (κ3) is 3.25. The van der Waals surface area contributed by atoms with Crippen LogP contribution in [-0.4, -0.2) is 49.3 Å². The zero-order chi connectivity index (χ0) is 13.0. The van der Waals surface area contributed by atoms with Crippen molar-refractivity contribution in [2.45, 2.75) is 58.1 Å². The van der Waals surface area contributed by atoms with Crippen LogP contribution in [0, 0.1) is 5.92 Å². The van der Waals surface area contributed by atoms with Gasteiger partial charge in [-0.25, -0.2) is 0 Å². The molecule has 2 heterocycles. The SMILES string of the molecule is CCCC1NCCOC12CCN(CC(C)C)CC2. The summed E-state index contributed by atoms with van der Waals surface area (Å²) < 4.78 is 6.24. The molecule has 2 aliphatic rings. The number of nitrogens with one attached hydrogen (secondary N) is 1. The van der Waals surface area contributed by atoms with E-state index in [4.69, 9.17) is 4.74 Å². The zero-order valence-electron chi connectivity index (χ0n) is 12.4. The number of ether oxygens (including phenoxy) is 1. The number of morpholine rings is 1. The maximum absolute atomic E-state index is 6.24. The van der Waals surface area contributed by atoms with Crippen LogP contribution in [0.1, 0.15) is 46.5 Å². The molecule has 1 spiro atoms. The van der Waals surface area contributed by atoms with Crippen molar-refractivity contribution in [1.82, 2.24) is 10.2 Å². The molecule has 2 rings (SSSR count). The van der Waals surface area contributed by atoms with Gasteiger partial charge in [0.1, 0.15) is 0 Å². The van der Waals surface area contributed by atoms with Gasteiger partial charge in [0, 0.05) is 32.2 Å². The Morgan fingerprint density at radius 1 is 1.33 bits per heavy atom. The minimum atomic E-state index is 0.141. The van der Waals surface area contributed by atoms with E-state index in [-0.39, 0.29) is 5.60 Å². The topological polar surface area (TPSA) is 24.5 Å². The van der Waals surface area contributed by atoms with Gasteiger partial charge in [-0.05, 0) is 25.2 Å². The fraction of sp³-hybridized carbons (Fsp3) is 1.00. The van der Waals surface area contributed by atoms with Crippen LogP contribution in [0.3, 0.4) is 0 Å². The molecule has 3 nitrogen and oxygen atoms in total. The fourth-order valence-electron chi connectivity index (χ4n) is 3.55. The summed E-state index contributed by atoms with van der Waals surface area (Å²) in [7, 11) is 0. The zero-order valence-corrected chi connectivity index (χ0v) is 12.4. The fourth-order valence-corrected chi connectivity index (χ4v) is 3.55. The average Bonchev–Trinajstić information content (AvgIpc) is 2.35. The van der Waals surface area contributed by atoms with Crippen molar-refractivity contribution in [3.63, 3.8) is 0 Å². The van der Waals surface area contributed by atoms with Crippen molar-refractivity contribution in [2.75, 3.05) is 32.8 Å². The predicted molar refractivity (Wildman–Crippen MR) is 75.9 cm³/mol. The van der Waals surface area contributed by atoms with E-state index in [1.165, 1.54) is 45.3 Å². The van der Waals surface area contributed by atoms with Crippen LogP contribution in [-0.2, 0) is 4.74 Å². The van der Waals surface area contributed by atoms with Gasteiger partial charge in [-0.2, -0.15) is 0 Å². The highest BCUT2D eigenvalue weighted by atomic mass is 16.5.